The van der Waals surface area contributed by atoms with Gasteiger partial charge in [-0.2, -0.15) is 0 Å². The Hall–Kier alpha value is -3.79. The number of amides is 2. The largest absolute Gasteiger partial charge is 0.444 e. The molecule has 0 unspecified atom stereocenters. The Kier molecular flexibility index (Phi) is 6.10. The Morgan fingerprint density at radius 2 is 2.00 bits per heavy atom. The molecule has 2 amide bonds. The molecule has 172 valence electrons. The summed E-state index contributed by atoms with van der Waals surface area (Å²) in [6.07, 6.45) is 3.80. The van der Waals surface area contributed by atoms with Gasteiger partial charge in [0, 0.05) is 24.8 Å². The molecule has 4 rings (SSSR count). The smallest absolute Gasteiger partial charge is 0.410 e. The molecule has 3 N–H and O–H groups in total. The van der Waals surface area contributed by atoms with Gasteiger partial charge in [-0.05, 0) is 56.5 Å². The number of hydrazine groups is 1. The summed E-state index contributed by atoms with van der Waals surface area (Å²) in [6, 6.07) is 9.56. The minimum absolute atomic E-state index is 0.299. The van der Waals surface area contributed by atoms with Crippen molar-refractivity contribution in [3.05, 3.63) is 65.1 Å². The first-order chi connectivity index (χ1) is 15.7. The zero-order valence-corrected chi connectivity index (χ0v) is 18.9. The first-order valence-corrected chi connectivity index (χ1v) is 10.7. The van der Waals surface area contributed by atoms with Crippen molar-refractivity contribution in [2.75, 3.05) is 6.54 Å². The van der Waals surface area contributed by atoms with Gasteiger partial charge in [-0.3, -0.25) is 15.2 Å². The fraction of sp³-hybridized carbons (Fsp3) is 0.348. The molecule has 2 aromatic heterocycles. The number of aromatic nitrogens is 4. The molecule has 0 aliphatic carbocycles. The number of rotatable bonds is 4. The van der Waals surface area contributed by atoms with E-state index in [1.54, 1.807) is 21.7 Å². The van der Waals surface area contributed by atoms with Crippen molar-refractivity contribution in [3.63, 3.8) is 0 Å². The molecule has 0 atom stereocenters. The van der Waals surface area contributed by atoms with Gasteiger partial charge in [-0.25, -0.2) is 15.3 Å². The van der Waals surface area contributed by atoms with Crippen LogP contribution in [0, 0.1) is 0 Å². The van der Waals surface area contributed by atoms with E-state index in [1.807, 2.05) is 33.0 Å². The van der Waals surface area contributed by atoms with Gasteiger partial charge in [0.1, 0.15) is 11.3 Å². The van der Waals surface area contributed by atoms with Crippen LogP contribution in [0.15, 0.2) is 42.7 Å². The van der Waals surface area contributed by atoms with Crippen LogP contribution in [-0.4, -0.2) is 49.0 Å². The molecule has 0 radical (unpaired) electrons. The fourth-order valence-corrected chi connectivity index (χ4v) is 3.61. The van der Waals surface area contributed by atoms with E-state index in [0.29, 0.717) is 25.2 Å². The maximum absolute atomic E-state index is 12.5. The topological polar surface area (TPSA) is 128 Å². The number of carbonyl (C=O) groups is 2. The molecule has 0 saturated heterocycles. The predicted octanol–water partition coefficient (Wildman–Crippen LogP) is 2.29. The number of nitrogens with zero attached hydrogens (tertiary/aromatic N) is 5. The summed E-state index contributed by atoms with van der Waals surface area (Å²) in [5.41, 5.74) is 6.62. The van der Waals surface area contributed by atoms with Crippen molar-refractivity contribution >= 4 is 12.0 Å². The predicted molar refractivity (Wildman–Crippen MR) is 121 cm³/mol. The third-order valence-electron chi connectivity index (χ3n) is 5.25. The first kappa shape index (κ1) is 22.4. The second-order valence-corrected chi connectivity index (χ2v) is 8.95. The molecule has 0 bridgehead atoms. The van der Waals surface area contributed by atoms with Gasteiger partial charge in [0.15, 0.2) is 0 Å². The lowest BCUT2D eigenvalue weighted by molar-refractivity contribution is 0.0224. The van der Waals surface area contributed by atoms with Gasteiger partial charge in [0.05, 0.1) is 24.0 Å². The van der Waals surface area contributed by atoms with Crippen molar-refractivity contribution < 1.29 is 14.3 Å². The molecule has 33 heavy (non-hydrogen) atoms. The van der Waals surface area contributed by atoms with Crippen LogP contribution in [0.1, 0.15) is 48.0 Å². The van der Waals surface area contributed by atoms with Gasteiger partial charge >= 0.3 is 6.09 Å². The molecule has 1 aliphatic rings. The highest BCUT2D eigenvalue weighted by molar-refractivity contribution is 5.93. The highest BCUT2D eigenvalue weighted by Gasteiger charge is 2.26. The number of hydrogen-bond donors (Lipinski definition) is 2. The Morgan fingerprint density at radius 3 is 2.70 bits per heavy atom. The molecule has 1 aromatic carbocycles. The van der Waals surface area contributed by atoms with Crippen LogP contribution in [-0.2, 0) is 24.2 Å². The number of ether oxygens (including phenoxy) is 1. The van der Waals surface area contributed by atoms with Gasteiger partial charge in [0.2, 0.25) is 0 Å². The average Bonchev–Trinajstić information content (AvgIpc) is 3.25. The summed E-state index contributed by atoms with van der Waals surface area (Å²) in [7, 11) is 0. The van der Waals surface area contributed by atoms with Crippen LogP contribution in [0.4, 0.5) is 4.79 Å². The molecule has 0 fully saturated rings. The number of fused-ring (bicyclic) bond motifs is 1. The lowest BCUT2D eigenvalue weighted by Gasteiger charge is -2.31. The number of nitrogens with one attached hydrogen (secondary N) is 1. The Morgan fingerprint density at radius 1 is 1.18 bits per heavy atom. The summed E-state index contributed by atoms with van der Waals surface area (Å²) >= 11 is 0. The lowest BCUT2D eigenvalue weighted by Crippen LogP contribution is -2.39. The van der Waals surface area contributed by atoms with Crippen LogP contribution in [0.2, 0.25) is 0 Å². The van der Waals surface area contributed by atoms with Crippen LogP contribution in [0.5, 0.6) is 0 Å². The van der Waals surface area contributed by atoms with E-state index in [0.717, 1.165) is 28.9 Å². The van der Waals surface area contributed by atoms with Crippen molar-refractivity contribution in [2.24, 2.45) is 5.84 Å². The maximum atomic E-state index is 12.5. The minimum Gasteiger partial charge on any atom is -0.444 e. The van der Waals surface area contributed by atoms with Crippen molar-refractivity contribution in [1.82, 2.24) is 30.3 Å². The van der Waals surface area contributed by atoms with Gasteiger partial charge in [-0.15, -0.1) is 5.10 Å². The van der Waals surface area contributed by atoms with E-state index >= 15 is 0 Å². The monoisotopic (exact) mass is 449 g/mol. The summed E-state index contributed by atoms with van der Waals surface area (Å²) in [4.78, 5) is 30.0. The molecule has 10 heteroatoms. The normalized spacial score (nSPS) is 13.4. The highest BCUT2D eigenvalue weighted by atomic mass is 16.6. The first-order valence-electron chi connectivity index (χ1n) is 10.7. The summed E-state index contributed by atoms with van der Waals surface area (Å²) < 4.78 is 7.21. The number of nitrogen functional groups attached to an aromatic ring is 1. The number of hydrogen-bond acceptors (Lipinski definition) is 7. The second-order valence-electron chi connectivity index (χ2n) is 8.95. The molecular weight excluding hydrogens is 422 g/mol. The Labute approximate surface area is 191 Å². The standard InChI is InChI=1S/C23H27N7O3/c1-23(2,3)33-22(32)29-9-8-15-4-5-16(10-18(15)12-29)20-14-30(28-27-20)13-19-7-6-17(11-25-19)21(31)26-24/h4-7,10-11,14H,8-9,12-13,24H2,1-3H3,(H,26,31). The minimum atomic E-state index is -0.524. The van der Waals surface area contributed by atoms with Crippen molar-refractivity contribution in [1.29, 1.82) is 0 Å². The van der Waals surface area contributed by atoms with Gasteiger partial charge in [-0.1, -0.05) is 17.3 Å². The van der Waals surface area contributed by atoms with Crippen LogP contribution in [0.3, 0.4) is 0 Å². The number of nitrogens with two attached hydrogens (primary N) is 1. The molecule has 0 saturated carbocycles. The van der Waals surface area contributed by atoms with Crippen molar-refractivity contribution in [3.8, 4) is 11.3 Å². The molecular formula is C23H27N7O3. The zero-order valence-electron chi connectivity index (χ0n) is 18.9. The van der Waals surface area contributed by atoms with Crippen LogP contribution < -0.4 is 11.3 Å². The molecule has 3 aromatic rings. The third kappa shape index (κ3) is 5.35. The molecule has 1 aliphatic heterocycles. The van der Waals surface area contributed by atoms with Gasteiger partial charge in [0.25, 0.3) is 5.91 Å². The fourth-order valence-electron chi connectivity index (χ4n) is 3.61. The molecule has 3 heterocycles. The van der Waals surface area contributed by atoms with E-state index in [9.17, 15) is 9.59 Å². The number of carbonyl (C=O) groups excluding carboxylic acids is 2. The van der Waals surface area contributed by atoms with E-state index < -0.39 is 11.5 Å². The Balaban J connectivity index is 1.46. The van der Waals surface area contributed by atoms with Crippen molar-refractivity contribution in [2.45, 2.75) is 45.9 Å². The highest BCUT2D eigenvalue weighted by Crippen LogP contribution is 2.26. The van der Waals surface area contributed by atoms with E-state index in [4.69, 9.17) is 10.6 Å². The SMILES string of the molecule is CC(C)(C)OC(=O)N1CCc2ccc(-c3cn(Cc4ccc(C(=O)NN)cn4)nn3)cc2C1. The second kappa shape index (κ2) is 8.99. The molecule has 10 nitrogen and oxygen atoms in total. The van der Waals surface area contributed by atoms with E-state index in [2.05, 4.69) is 32.9 Å². The quantitative estimate of drug-likeness (QED) is 0.355. The summed E-state index contributed by atoms with van der Waals surface area (Å²) in [6.45, 7) is 7.14. The van der Waals surface area contributed by atoms with Crippen LogP contribution in [0.25, 0.3) is 11.3 Å². The van der Waals surface area contributed by atoms with Crippen LogP contribution >= 0.6 is 0 Å². The number of benzene rings is 1. The maximum Gasteiger partial charge on any atom is 0.410 e. The zero-order chi connectivity index (χ0) is 23.6. The van der Waals surface area contributed by atoms with Gasteiger partial charge < -0.3 is 9.64 Å². The van der Waals surface area contributed by atoms with E-state index in [-0.39, 0.29) is 6.09 Å². The van der Waals surface area contributed by atoms with E-state index in [1.165, 1.54) is 11.8 Å². The summed E-state index contributed by atoms with van der Waals surface area (Å²) in [5.74, 6) is 4.74. The third-order valence-corrected chi connectivity index (χ3v) is 5.25. The molecule has 0 spiro atoms. The lowest BCUT2D eigenvalue weighted by atomic mass is 9.97. The Bertz CT molecular complexity index is 1170. The number of pyridine rings is 1. The summed E-state index contributed by atoms with van der Waals surface area (Å²) in [5, 5.41) is 8.49. The average molecular weight is 450 g/mol.